The second kappa shape index (κ2) is 9.34. The van der Waals surface area contributed by atoms with Gasteiger partial charge >= 0.3 is 6.18 Å². The van der Waals surface area contributed by atoms with Crippen molar-refractivity contribution in [2.24, 2.45) is 0 Å². The van der Waals surface area contributed by atoms with E-state index in [9.17, 15) is 13.2 Å². The average Bonchev–Trinajstić information content (AvgIpc) is 2.47. The van der Waals surface area contributed by atoms with Crippen LogP contribution in [0.1, 0.15) is 37.8 Å². The summed E-state index contributed by atoms with van der Waals surface area (Å²) < 4.78 is 36.2. The average molecular weight is 311 g/mol. The van der Waals surface area contributed by atoms with E-state index in [-0.39, 0.29) is 0 Å². The van der Waals surface area contributed by atoms with Crippen LogP contribution in [0.25, 0.3) is 6.08 Å². The molecule has 0 saturated heterocycles. The van der Waals surface area contributed by atoms with Crippen LogP contribution in [-0.2, 0) is 6.42 Å². The molecule has 0 amide bonds. The first-order valence-electron chi connectivity index (χ1n) is 7.67. The van der Waals surface area contributed by atoms with Gasteiger partial charge in [0.2, 0.25) is 0 Å². The zero-order valence-electron chi connectivity index (χ0n) is 13.2. The van der Waals surface area contributed by atoms with Crippen molar-refractivity contribution < 1.29 is 13.2 Å². The van der Waals surface area contributed by atoms with E-state index in [4.69, 9.17) is 0 Å². The zero-order valence-corrected chi connectivity index (χ0v) is 13.2. The molecule has 4 heteroatoms. The minimum atomic E-state index is -4.13. The van der Waals surface area contributed by atoms with E-state index in [1.54, 1.807) is 0 Å². The highest BCUT2D eigenvalue weighted by Crippen LogP contribution is 2.20. The summed E-state index contributed by atoms with van der Waals surface area (Å²) in [6, 6.07) is 7.68. The van der Waals surface area contributed by atoms with Gasteiger partial charge in [0, 0.05) is 13.1 Å². The quantitative estimate of drug-likeness (QED) is 0.618. The molecule has 0 aliphatic heterocycles. The van der Waals surface area contributed by atoms with Gasteiger partial charge in [-0.3, -0.25) is 0 Å². The van der Waals surface area contributed by atoms with Crippen LogP contribution >= 0.6 is 0 Å². The van der Waals surface area contributed by atoms with Gasteiger partial charge in [0.25, 0.3) is 0 Å². The molecule has 22 heavy (non-hydrogen) atoms. The van der Waals surface area contributed by atoms with Gasteiger partial charge in [-0.15, -0.1) is 0 Å². The summed E-state index contributed by atoms with van der Waals surface area (Å²) in [5.74, 6) is 0. The fourth-order valence-corrected chi connectivity index (χ4v) is 1.99. The third-order valence-corrected chi connectivity index (χ3v) is 3.29. The van der Waals surface area contributed by atoms with Gasteiger partial charge in [-0.2, -0.15) is 13.2 Å². The molecule has 0 N–H and O–H groups in total. The lowest BCUT2D eigenvalue weighted by Gasteiger charge is -2.18. The zero-order chi connectivity index (χ0) is 16.4. The smallest absolute Gasteiger partial charge is 0.378 e. The Hall–Kier alpha value is -1.71. The Morgan fingerprint density at radius 2 is 1.73 bits per heavy atom. The molecule has 1 aromatic carbocycles. The van der Waals surface area contributed by atoms with E-state index < -0.39 is 12.6 Å². The van der Waals surface area contributed by atoms with Crippen molar-refractivity contribution in [3.63, 3.8) is 0 Å². The van der Waals surface area contributed by atoms with Crippen molar-refractivity contribution in [2.45, 2.75) is 39.3 Å². The summed E-state index contributed by atoms with van der Waals surface area (Å²) >= 11 is 0. The number of benzene rings is 1. The molecular formula is C18H24F3N. The molecule has 0 saturated carbocycles. The lowest BCUT2D eigenvalue weighted by Crippen LogP contribution is -2.19. The molecule has 0 aliphatic carbocycles. The van der Waals surface area contributed by atoms with Gasteiger partial charge in [-0.05, 0) is 37.1 Å². The second-order valence-corrected chi connectivity index (χ2v) is 5.13. The van der Waals surface area contributed by atoms with Crippen LogP contribution in [-0.4, -0.2) is 24.2 Å². The predicted octanol–water partition coefficient (Wildman–Crippen LogP) is 5.44. The van der Waals surface area contributed by atoms with Crippen molar-refractivity contribution >= 4 is 6.08 Å². The first kappa shape index (κ1) is 18.3. The van der Waals surface area contributed by atoms with Crippen LogP contribution < -0.4 is 0 Å². The minimum Gasteiger partial charge on any atom is -0.378 e. The first-order valence-corrected chi connectivity index (χ1v) is 7.67. The molecule has 0 atom stereocenters. The highest BCUT2D eigenvalue weighted by atomic mass is 19.4. The van der Waals surface area contributed by atoms with Crippen molar-refractivity contribution in [1.29, 1.82) is 0 Å². The van der Waals surface area contributed by atoms with Gasteiger partial charge in [0.1, 0.15) is 0 Å². The van der Waals surface area contributed by atoms with Crippen LogP contribution in [0, 0.1) is 0 Å². The summed E-state index contributed by atoms with van der Waals surface area (Å²) in [5, 5.41) is 0. The van der Waals surface area contributed by atoms with Crippen molar-refractivity contribution in [3.8, 4) is 0 Å². The van der Waals surface area contributed by atoms with Crippen LogP contribution in [0.15, 0.2) is 42.6 Å². The third kappa shape index (κ3) is 7.91. The van der Waals surface area contributed by atoms with Crippen LogP contribution in [0.4, 0.5) is 13.2 Å². The molecular weight excluding hydrogens is 287 g/mol. The maximum Gasteiger partial charge on any atom is 0.392 e. The van der Waals surface area contributed by atoms with Crippen LogP contribution in [0.5, 0.6) is 0 Å². The molecule has 1 rings (SSSR count). The third-order valence-electron chi connectivity index (χ3n) is 3.29. The SMILES string of the molecule is CC/C=C/N(CC)CCc1ccc(/C=C/CC(F)(F)F)cc1. The number of hydrogen-bond donors (Lipinski definition) is 0. The summed E-state index contributed by atoms with van der Waals surface area (Å²) in [6.45, 7) is 6.13. The molecule has 0 bridgehead atoms. The summed E-state index contributed by atoms with van der Waals surface area (Å²) in [6.07, 6.45) is 3.86. The molecule has 0 spiro atoms. The van der Waals surface area contributed by atoms with Gasteiger partial charge in [-0.1, -0.05) is 49.4 Å². The maximum absolute atomic E-state index is 12.1. The first-order chi connectivity index (χ1) is 10.4. The largest absolute Gasteiger partial charge is 0.392 e. The van der Waals surface area contributed by atoms with E-state index >= 15 is 0 Å². The lowest BCUT2D eigenvalue weighted by molar-refractivity contribution is -0.124. The Bertz CT molecular complexity index is 472. The lowest BCUT2D eigenvalue weighted by atomic mass is 10.1. The van der Waals surface area contributed by atoms with Crippen LogP contribution in [0.3, 0.4) is 0 Å². The summed E-state index contributed by atoms with van der Waals surface area (Å²) in [5.41, 5.74) is 1.99. The van der Waals surface area contributed by atoms with E-state index in [1.807, 2.05) is 24.3 Å². The van der Waals surface area contributed by atoms with E-state index in [0.717, 1.165) is 37.6 Å². The molecule has 0 unspecified atom stereocenters. The molecule has 0 aliphatic rings. The van der Waals surface area contributed by atoms with Gasteiger partial charge in [-0.25, -0.2) is 0 Å². The topological polar surface area (TPSA) is 3.24 Å². The number of halogens is 3. The number of likely N-dealkylation sites (N-methyl/N-ethyl adjacent to an activating group) is 1. The highest BCUT2D eigenvalue weighted by molar-refractivity contribution is 5.49. The molecule has 0 aromatic heterocycles. The van der Waals surface area contributed by atoms with E-state index in [1.165, 1.54) is 11.6 Å². The molecule has 1 aromatic rings. The van der Waals surface area contributed by atoms with E-state index in [2.05, 4.69) is 31.0 Å². The fourth-order valence-electron chi connectivity index (χ4n) is 1.99. The molecule has 122 valence electrons. The molecule has 0 radical (unpaired) electrons. The Balaban J connectivity index is 2.49. The minimum absolute atomic E-state index is 0.797. The normalized spacial score (nSPS) is 12.4. The van der Waals surface area contributed by atoms with Gasteiger partial charge in [0.05, 0.1) is 6.42 Å². The Morgan fingerprint density at radius 3 is 2.27 bits per heavy atom. The fraction of sp³-hybridized carbons (Fsp3) is 0.444. The highest BCUT2D eigenvalue weighted by Gasteiger charge is 2.24. The Kier molecular flexibility index (Phi) is 7.78. The number of hydrogen-bond acceptors (Lipinski definition) is 1. The van der Waals surface area contributed by atoms with Gasteiger partial charge < -0.3 is 4.90 Å². The molecule has 0 heterocycles. The van der Waals surface area contributed by atoms with Crippen molar-refractivity contribution in [3.05, 3.63) is 53.7 Å². The summed E-state index contributed by atoms with van der Waals surface area (Å²) in [7, 11) is 0. The van der Waals surface area contributed by atoms with Gasteiger partial charge in [0.15, 0.2) is 0 Å². The van der Waals surface area contributed by atoms with E-state index in [0.29, 0.717) is 0 Å². The second-order valence-electron chi connectivity index (χ2n) is 5.13. The molecule has 1 nitrogen and oxygen atoms in total. The van der Waals surface area contributed by atoms with Crippen LogP contribution in [0.2, 0.25) is 0 Å². The van der Waals surface area contributed by atoms with Crippen molar-refractivity contribution in [2.75, 3.05) is 13.1 Å². The monoisotopic (exact) mass is 311 g/mol. The van der Waals surface area contributed by atoms with Crippen molar-refractivity contribution in [1.82, 2.24) is 4.90 Å². The maximum atomic E-state index is 12.1. The Labute approximate surface area is 131 Å². The Morgan fingerprint density at radius 1 is 1.05 bits per heavy atom. The number of alkyl halides is 3. The molecule has 0 fully saturated rings. The standard InChI is InChI=1S/C18H24F3N/c1-3-5-14-22(4-2)15-12-17-10-8-16(9-11-17)7-6-13-18(19,20)21/h5-11,14H,3-4,12-13,15H2,1-2H3/b7-6+,14-5+. The predicted molar refractivity (Wildman–Crippen MR) is 86.5 cm³/mol. The number of nitrogens with zero attached hydrogens (tertiary/aromatic N) is 1. The number of allylic oxidation sites excluding steroid dienone is 2. The summed E-state index contributed by atoms with van der Waals surface area (Å²) in [4.78, 5) is 2.25. The number of rotatable bonds is 8.